The molecule has 0 spiro atoms. The molecule has 3 N–H and O–H groups in total. The van der Waals surface area contributed by atoms with E-state index in [-0.39, 0.29) is 19.6 Å². The second-order valence-corrected chi connectivity index (χ2v) is 17.6. The van der Waals surface area contributed by atoms with Crippen LogP contribution in [-0.4, -0.2) is 66.3 Å². The molecule has 10 heteroatoms. The van der Waals surface area contributed by atoms with Crippen LogP contribution in [0, 0.1) is 0 Å². The summed E-state index contributed by atoms with van der Waals surface area (Å²) >= 11 is 0. The van der Waals surface area contributed by atoms with Gasteiger partial charge in [-0.3, -0.25) is 13.8 Å². The van der Waals surface area contributed by atoms with Crippen LogP contribution in [0.5, 0.6) is 0 Å². The van der Waals surface area contributed by atoms with Gasteiger partial charge in [-0.2, -0.15) is 0 Å². The minimum Gasteiger partial charge on any atom is -0.457 e. The van der Waals surface area contributed by atoms with E-state index >= 15 is 0 Å². The average molecular weight is 855 g/mol. The topological polar surface area (TPSA) is 132 Å². The Kier molecular flexibility index (Phi) is 44.7. The molecule has 346 valence electrons. The van der Waals surface area contributed by atoms with Crippen LogP contribution >= 0.6 is 7.82 Å². The fraction of sp³-hybridized carbons (Fsp3) is 0.816. The van der Waals surface area contributed by atoms with E-state index in [0.717, 1.165) is 70.6 Å². The Morgan fingerprint density at radius 2 is 0.932 bits per heavy atom. The Morgan fingerprint density at radius 1 is 0.525 bits per heavy atom. The van der Waals surface area contributed by atoms with E-state index in [1.54, 1.807) is 0 Å². The summed E-state index contributed by atoms with van der Waals surface area (Å²) in [5.74, 6) is -0.396. The van der Waals surface area contributed by atoms with Crippen molar-refractivity contribution in [3.63, 3.8) is 0 Å². The summed E-state index contributed by atoms with van der Waals surface area (Å²) in [6.07, 6.45) is 52.2. The van der Waals surface area contributed by atoms with E-state index in [1.165, 1.54) is 116 Å². The molecule has 0 aromatic carbocycles. The molecule has 3 unspecified atom stereocenters. The lowest BCUT2D eigenvalue weighted by atomic mass is 10.0. The number of unbranched alkanes of at least 4 members (excludes halogenated alkanes) is 24. The average Bonchev–Trinajstić information content (AvgIpc) is 3.23. The highest BCUT2D eigenvalue weighted by atomic mass is 31.2. The standard InChI is InChI=1S/C49H91O9P/c1-3-5-7-9-11-13-15-17-19-20-21-22-23-24-25-26-27-28-30-32-34-36-38-40-42-55-45-48(46-57-59(53,54)56-44-47(51)43-50)58-49(52)41-39-37-35-33-31-29-18-16-14-12-10-8-6-4-2/h10,12,15-18,20-21,47-48,50-51H,3-9,11,13-14,19,22-46H2,1-2H3,(H,53,54)/b12-10-,17-15-,18-16-,21-20-. The summed E-state index contributed by atoms with van der Waals surface area (Å²) in [6, 6.07) is 0. The van der Waals surface area contributed by atoms with Crippen molar-refractivity contribution in [2.75, 3.05) is 33.0 Å². The van der Waals surface area contributed by atoms with Gasteiger partial charge in [-0.05, 0) is 70.6 Å². The van der Waals surface area contributed by atoms with E-state index in [9.17, 15) is 19.4 Å². The van der Waals surface area contributed by atoms with E-state index in [2.05, 4.69) is 62.5 Å². The molecule has 0 radical (unpaired) electrons. The fourth-order valence-corrected chi connectivity index (χ4v) is 7.31. The number of hydrogen-bond acceptors (Lipinski definition) is 8. The Bertz CT molecular complexity index is 1060. The maximum absolute atomic E-state index is 12.6. The molecule has 0 aliphatic heterocycles. The number of carbonyl (C=O) groups is 1. The number of hydrogen-bond donors (Lipinski definition) is 3. The quantitative estimate of drug-likeness (QED) is 0.0237. The van der Waals surface area contributed by atoms with Crippen LogP contribution in [0.3, 0.4) is 0 Å². The first kappa shape index (κ1) is 57.4. The number of phosphoric acid groups is 1. The van der Waals surface area contributed by atoms with Crippen molar-refractivity contribution >= 4 is 13.8 Å². The van der Waals surface area contributed by atoms with Crippen LogP contribution in [0.2, 0.25) is 0 Å². The molecular weight excluding hydrogens is 764 g/mol. The normalized spacial score (nSPS) is 14.3. The van der Waals surface area contributed by atoms with E-state index in [1.807, 2.05) is 0 Å². The number of rotatable bonds is 46. The lowest BCUT2D eigenvalue weighted by Crippen LogP contribution is -2.29. The van der Waals surface area contributed by atoms with Gasteiger partial charge in [-0.15, -0.1) is 0 Å². The highest BCUT2D eigenvalue weighted by molar-refractivity contribution is 7.47. The molecule has 0 aliphatic rings. The molecule has 0 fully saturated rings. The van der Waals surface area contributed by atoms with Crippen molar-refractivity contribution in [3.8, 4) is 0 Å². The van der Waals surface area contributed by atoms with Crippen LogP contribution in [0.1, 0.15) is 213 Å². The minimum atomic E-state index is -4.52. The van der Waals surface area contributed by atoms with Gasteiger partial charge in [0.1, 0.15) is 12.2 Å². The van der Waals surface area contributed by atoms with Gasteiger partial charge in [0.25, 0.3) is 0 Å². The number of phosphoric ester groups is 1. The number of allylic oxidation sites excluding steroid dienone is 8. The molecule has 0 saturated heterocycles. The van der Waals surface area contributed by atoms with Crippen molar-refractivity contribution in [2.24, 2.45) is 0 Å². The van der Waals surface area contributed by atoms with Crippen molar-refractivity contribution in [2.45, 2.75) is 225 Å². The van der Waals surface area contributed by atoms with Crippen molar-refractivity contribution in [1.29, 1.82) is 0 Å². The molecule has 9 nitrogen and oxygen atoms in total. The summed E-state index contributed by atoms with van der Waals surface area (Å²) in [7, 11) is -4.52. The fourth-order valence-electron chi connectivity index (χ4n) is 6.52. The second-order valence-electron chi connectivity index (χ2n) is 16.1. The predicted molar refractivity (Wildman–Crippen MR) is 247 cm³/mol. The lowest BCUT2D eigenvalue weighted by Gasteiger charge is -2.20. The van der Waals surface area contributed by atoms with E-state index in [4.69, 9.17) is 23.6 Å². The lowest BCUT2D eigenvalue weighted by molar-refractivity contribution is -0.154. The van der Waals surface area contributed by atoms with Gasteiger partial charge in [0.2, 0.25) is 0 Å². The van der Waals surface area contributed by atoms with Gasteiger partial charge >= 0.3 is 13.8 Å². The molecule has 0 aliphatic carbocycles. The largest absolute Gasteiger partial charge is 0.472 e. The van der Waals surface area contributed by atoms with Gasteiger partial charge < -0.3 is 24.6 Å². The molecule has 0 aromatic heterocycles. The van der Waals surface area contributed by atoms with Crippen molar-refractivity contribution < 1.29 is 43.0 Å². The van der Waals surface area contributed by atoms with Crippen LogP contribution in [-0.2, 0) is 27.9 Å². The maximum Gasteiger partial charge on any atom is 0.472 e. The zero-order valence-corrected chi connectivity index (χ0v) is 38.9. The molecule has 0 rings (SSSR count). The summed E-state index contributed by atoms with van der Waals surface area (Å²) in [5, 5.41) is 18.4. The third-order valence-corrected chi connectivity index (χ3v) is 11.2. The highest BCUT2D eigenvalue weighted by Gasteiger charge is 2.26. The van der Waals surface area contributed by atoms with E-state index in [0.29, 0.717) is 13.0 Å². The van der Waals surface area contributed by atoms with Gasteiger partial charge in [-0.1, -0.05) is 184 Å². The number of esters is 1. The van der Waals surface area contributed by atoms with E-state index < -0.39 is 39.2 Å². The smallest absolute Gasteiger partial charge is 0.457 e. The first-order valence-electron chi connectivity index (χ1n) is 24.1. The highest BCUT2D eigenvalue weighted by Crippen LogP contribution is 2.43. The zero-order valence-electron chi connectivity index (χ0n) is 38.0. The molecule has 0 bridgehead atoms. The molecule has 0 heterocycles. The Morgan fingerprint density at radius 3 is 1.41 bits per heavy atom. The first-order valence-corrected chi connectivity index (χ1v) is 25.6. The minimum absolute atomic E-state index is 0.0424. The first-order chi connectivity index (χ1) is 28.8. The third-order valence-electron chi connectivity index (χ3n) is 10.2. The molecule has 0 aromatic rings. The summed E-state index contributed by atoms with van der Waals surface area (Å²) in [5.41, 5.74) is 0. The molecular formula is C49H91O9P. The van der Waals surface area contributed by atoms with Gasteiger partial charge in [-0.25, -0.2) is 4.57 Å². The van der Waals surface area contributed by atoms with Gasteiger partial charge in [0, 0.05) is 13.0 Å². The molecule has 0 amide bonds. The van der Waals surface area contributed by atoms with Gasteiger partial charge in [0.05, 0.1) is 26.4 Å². The molecule has 59 heavy (non-hydrogen) atoms. The number of aliphatic hydroxyl groups excluding tert-OH is 2. The van der Waals surface area contributed by atoms with Gasteiger partial charge in [0.15, 0.2) is 0 Å². The molecule has 0 saturated carbocycles. The van der Waals surface area contributed by atoms with Crippen LogP contribution in [0.4, 0.5) is 0 Å². The number of ether oxygens (including phenoxy) is 2. The SMILES string of the molecule is CCCC/C=C\C/C=C\CCCCCCCC(=O)OC(COCCCCCCCCCCCCCC/C=C\C/C=C\CCCCCCC)COP(=O)(O)OCC(O)CO. The Balaban J connectivity index is 4.06. The third kappa shape index (κ3) is 45.8. The zero-order chi connectivity index (χ0) is 43.2. The van der Waals surface area contributed by atoms with Crippen LogP contribution in [0.15, 0.2) is 48.6 Å². The maximum atomic E-state index is 12.6. The Hall–Kier alpha value is -1.58. The monoisotopic (exact) mass is 855 g/mol. The Labute approximate surface area is 362 Å². The van der Waals surface area contributed by atoms with Crippen molar-refractivity contribution in [3.05, 3.63) is 48.6 Å². The summed E-state index contributed by atoms with van der Waals surface area (Å²) < 4.78 is 33.4. The summed E-state index contributed by atoms with van der Waals surface area (Å²) in [4.78, 5) is 22.6. The second kappa shape index (κ2) is 45.9. The molecule has 3 atom stereocenters. The van der Waals surface area contributed by atoms with Crippen molar-refractivity contribution in [1.82, 2.24) is 0 Å². The predicted octanol–water partition coefficient (Wildman–Crippen LogP) is 13.8. The number of carbonyl (C=O) groups excluding carboxylic acids is 1. The summed E-state index contributed by atoms with van der Waals surface area (Å²) in [6.45, 7) is 3.46. The number of aliphatic hydroxyl groups is 2. The van der Waals surface area contributed by atoms with Crippen LogP contribution in [0.25, 0.3) is 0 Å². The van der Waals surface area contributed by atoms with Crippen LogP contribution < -0.4 is 0 Å².